The molecule has 0 aliphatic rings. The lowest BCUT2D eigenvalue weighted by Gasteiger charge is -2.25. The molecule has 0 heterocycles. The fraction of sp³-hybridized carbons (Fsp3) is 0.300. The number of hydrogen-bond acceptors (Lipinski definition) is 6. The van der Waals surface area contributed by atoms with Crippen molar-refractivity contribution in [2.24, 2.45) is 0 Å². The predicted molar refractivity (Wildman–Crippen MR) is 143 cm³/mol. The van der Waals surface area contributed by atoms with Crippen LogP contribution in [0.15, 0.2) is 74.4 Å². The van der Waals surface area contributed by atoms with E-state index in [9.17, 15) is 14.4 Å². The summed E-state index contributed by atoms with van der Waals surface area (Å²) in [5.74, 6) is -2.19. The molecule has 0 unspecified atom stereocenters. The molecular formula is C30H36O6. The summed E-state index contributed by atoms with van der Waals surface area (Å²) < 4.78 is 16.2. The van der Waals surface area contributed by atoms with Crippen LogP contribution in [-0.4, -0.2) is 37.7 Å². The molecule has 0 amide bonds. The van der Waals surface area contributed by atoms with Crippen LogP contribution in [0.25, 0.3) is 0 Å². The van der Waals surface area contributed by atoms with E-state index >= 15 is 0 Å². The van der Waals surface area contributed by atoms with Crippen molar-refractivity contribution < 1.29 is 28.6 Å². The van der Waals surface area contributed by atoms with E-state index < -0.39 is 17.9 Å². The summed E-state index contributed by atoms with van der Waals surface area (Å²) >= 11 is 0. The Morgan fingerprint density at radius 2 is 0.833 bits per heavy atom. The maximum absolute atomic E-state index is 13.4. The highest BCUT2D eigenvalue weighted by Crippen LogP contribution is 2.35. The quantitative estimate of drug-likeness (QED) is 0.168. The molecule has 1 aromatic rings. The van der Waals surface area contributed by atoms with Crippen molar-refractivity contribution in [2.45, 2.75) is 40.0 Å². The van der Waals surface area contributed by atoms with Gasteiger partial charge in [0, 0.05) is 0 Å². The minimum Gasteiger partial charge on any atom is -0.458 e. The largest absolute Gasteiger partial charge is 0.458 e. The summed E-state index contributed by atoms with van der Waals surface area (Å²) in [6.45, 7) is 27.9. The molecule has 0 atom stereocenters. The zero-order valence-electron chi connectivity index (χ0n) is 21.7. The predicted octanol–water partition coefficient (Wildman–Crippen LogP) is 6.07. The third kappa shape index (κ3) is 8.08. The maximum atomic E-state index is 13.4. The lowest BCUT2D eigenvalue weighted by Crippen LogP contribution is -2.25. The highest BCUT2D eigenvalue weighted by molar-refractivity contribution is 6.09. The number of ether oxygens (including phenoxy) is 3. The molecule has 1 rings (SSSR count). The summed E-state index contributed by atoms with van der Waals surface area (Å²) in [6.07, 6.45) is 4.87. The van der Waals surface area contributed by atoms with E-state index in [2.05, 4.69) is 39.5 Å². The van der Waals surface area contributed by atoms with Crippen LogP contribution in [0.3, 0.4) is 0 Å². The minimum absolute atomic E-state index is 0.0154. The maximum Gasteiger partial charge on any atom is 0.339 e. The molecule has 0 saturated heterocycles. The highest BCUT2D eigenvalue weighted by Gasteiger charge is 2.34. The Morgan fingerprint density at radius 3 is 1.17 bits per heavy atom. The molecule has 6 nitrogen and oxygen atoms in total. The SMILES string of the molecule is C=CCOC(=O)c1c(CC(=C)C)c(CC(=C)C)c(C(=O)OCC=C)c(C(=O)OCC=C)c1CC(=C)C. The third-order valence-corrected chi connectivity index (χ3v) is 4.87. The van der Waals surface area contributed by atoms with E-state index in [-0.39, 0.29) is 61.3 Å². The number of benzene rings is 1. The molecule has 1 aromatic carbocycles. The van der Waals surface area contributed by atoms with Crippen LogP contribution in [0.5, 0.6) is 0 Å². The van der Waals surface area contributed by atoms with Crippen LogP contribution in [0, 0.1) is 0 Å². The smallest absolute Gasteiger partial charge is 0.339 e. The fourth-order valence-electron chi connectivity index (χ4n) is 3.70. The molecule has 36 heavy (non-hydrogen) atoms. The van der Waals surface area contributed by atoms with Gasteiger partial charge in [-0.15, -0.1) is 0 Å². The van der Waals surface area contributed by atoms with E-state index in [1.54, 1.807) is 13.8 Å². The molecule has 0 N–H and O–H groups in total. The summed E-state index contributed by atoms with van der Waals surface area (Å²) in [5, 5.41) is 0. The number of rotatable bonds is 15. The molecule has 0 fully saturated rings. The molecule has 0 saturated carbocycles. The summed E-state index contributed by atoms with van der Waals surface area (Å²) in [6, 6.07) is 0. The van der Waals surface area contributed by atoms with Gasteiger partial charge in [0.1, 0.15) is 19.8 Å². The van der Waals surface area contributed by atoms with Crippen molar-refractivity contribution >= 4 is 17.9 Å². The Hall–Kier alpha value is -3.93. The van der Waals surface area contributed by atoms with Crippen molar-refractivity contribution in [2.75, 3.05) is 19.8 Å². The minimum atomic E-state index is -0.792. The van der Waals surface area contributed by atoms with E-state index in [4.69, 9.17) is 14.2 Å². The average Bonchev–Trinajstić information content (AvgIpc) is 2.79. The van der Waals surface area contributed by atoms with Crippen LogP contribution in [0.4, 0.5) is 0 Å². The van der Waals surface area contributed by atoms with Crippen molar-refractivity contribution in [1.29, 1.82) is 0 Å². The van der Waals surface area contributed by atoms with E-state index in [1.807, 2.05) is 6.92 Å². The number of allylic oxidation sites excluding steroid dienone is 3. The molecule has 192 valence electrons. The van der Waals surface area contributed by atoms with Crippen molar-refractivity contribution in [3.63, 3.8) is 0 Å². The summed E-state index contributed by atoms with van der Waals surface area (Å²) in [4.78, 5) is 40.3. The Labute approximate surface area is 214 Å². The van der Waals surface area contributed by atoms with Gasteiger partial charge in [-0.1, -0.05) is 74.4 Å². The molecule has 0 aromatic heterocycles. The zero-order chi connectivity index (χ0) is 27.4. The van der Waals surface area contributed by atoms with Gasteiger partial charge in [-0.3, -0.25) is 0 Å². The molecule has 0 spiro atoms. The molecule has 0 aliphatic carbocycles. The number of esters is 3. The monoisotopic (exact) mass is 492 g/mol. The van der Waals surface area contributed by atoms with Crippen LogP contribution in [0.1, 0.15) is 68.5 Å². The number of carbonyl (C=O) groups is 3. The van der Waals surface area contributed by atoms with E-state index in [0.29, 0.717) is 22.3 Å². The van der Waals surface area contributed by atoms with Gasteiger partial charge in [-0.2, -0.15) is 0 Å². The van der Waals surface area contributed by atoms with Gasteiger partial charge in [-0.05, 0) is 56.7 Å². The Bertz CT molecular complexity index is 1100. The lowest BCUT2D eigenvalue weighted by atomic mass is 9.80. The lowest BCUT2D eigenvalue weighted by molar-refractivity contribution is 0.0497. The fourth-order valence-corrected chi connectivity index (χ4v) is 3.70. The van der Waals surface area contributed by atoms with Crippen LogP contribution >= 0.6 is 0 Å². The number of hydrogen-bond donors (Lipinski definition) is 0. The molecule has 6 heteroatoms. The van der Waals surface area contributed by atoms with E-state index in [0.717, 1.165) is 5.57 Å². The average molecular weight is 493 g/mol. The van der Waals surface area contributed by atoms with Crippen molar-refractivity contribution in [3.05, 3.63) is 108 Å². The van der Waals surface area contributed by atoms with Crippen LogP contribution < -0.4 is 0 Å². The molecule has 0 radical (unpaired) electrons. The number of carbonyl (C=O) groups excluding carboxylic acids is 3. The standard InChI is InChI=1S/C30H36O6/c1-10-13-34-28(31)25-22(16-19(4)5)23(17-20(6)7)26(29(32)35-14-11-2)27(24(25)18-21(8)9)30(33)36-15-12-3/h10-12H,1-4,6,8,13-18H2,5,7,9H3. The van der Waals surface area contributed by atoms with Crippen molar-refractivity contribution in [1.82, 2.24) is 0 Å². The van der Waals surface area contributed by atoms with Gasteiger partial charge < -0.3 is 14.2 Å². The van der Waals surface area contributed by atoms with Gasteiger partial charge in [0.15, 0.2) is 0 Å². The Morgan fingerprint density at radius 1 is 0.556 bits per heavy atom. The first-order valence-corrected chi connectivity index (χ1v) is 11.5. The molecule has 0 aliphatic heterocycles. The molecular weight excluding hydrogens is 456 g/mol. The summed E-state index contributed by atoms with van der Waals surface area (Å²) in [5.41, 5.74) is 3.45. The normalized spacial score (nSPS) is 10.1. The Balaban J connectivity index is 4.38. The second-order valence-electron chi connectivity index (χ2n) is 8.62. The van der Waals surface area contributed by atoms with Gasteiger partial charge in [0.25, 0.3) is 0 Å². The Kier molecular flexibility index (Phi) is 12.1. The van der Waals surface area contributed by atoms with Gasteiger partial charge in [0.2, 0.25) is 0 Å². The van der Waals surface area contributed by atoms with Gasteiger partial charge >= 0.3 is 17.9 Å². The topological polar surface area (TPSA) is 78.9 Å². The zero-order valence-corrected chi connectivity index (χ0v) is 21.7. The molecule has 0 bridgehead atoms. The van der Waals surface area contributed by atoms with Crippen LogP contribution in [-0.2, 0) is 33.5 Å². The van der Waals surface area contributed by atoms with Gasteiger partial charge in [0.05, 0.1) is 16.7 Å². The van der Waals surface area contributed by atoms with E-state index in [1.165, 1.54) is 18.2 Å². The second-order valence-corrected chi connectivity index (χ2v) is 8.62. The first-order valence-electron chi connectivity index (χ1n) is 11.5. The third-order valence-electron chi connectivity index (χ3n) is 4.87. The summed E-state index contributed by atoms with van der Waals surface area (Å²) in [7, 11) is 0. The first-order chi connectivity index (χ1) is 17.0. The van der Waals surface area contributed by atoms with Crippen LogP contribution in [0.2, 0.25) is 0 Å². The highest BCUT2D eigenvalue weighted by atomic mass is 16.5. The van der Waals surface area contributed by atoms with Gasteiger partial charge in [-0.25, -0.2) is 14.4 Å². The second kappa shape index (κ2) is 14.5. The first kappa shape index (κ1) is 30.1. The van der Waals surface area contributed by atoms with Crippen molar-refractivity contribution in [3.8, 4) is 0 Å².